The van der Waals surface area contributed by atoms with Crippen molar-refractivity contribution >= 4 is 47.2 Å². The minimum atomic E-state index is 0. The molecule has 27 heavy (non-hydrogen) atoms. The van der Waals surface area contributed by atoms with E-state index in [9.17, 15) is 0 Å². The first-order chi connectivity index (χ1) is 12.6. The van der Waals surface area contributed by atoms with Crippen molar-refractivity contribution < 1.29 is 9.26 Å². The molecule has 9 heteroatoms. The second-order valence-corrected chi connectivity index (χ2v) is 5.83. The molecule has 142 valence electrons. The van der Waals surface area contributed by atoms with Crippen LogP contribution in [-0.4, -0.2) is 29.8 Å². The van der Waals surface area contributed by atoms with Crippen LogP contribution in [0.4, 0.5) is 5.69 Å². The number of hydrogen-bond donors (Lipinski definition) is 2. The summed E-state index contributed by atoms with van der Waals surface area (Å²) in [5, 5.41) is 7.58. The van der Waals surface area contributed by atoms with Gasteiger partial charge in [-0.25, -0.2) is 0 Å². The third-order valence-corrected chi connectivity index (χ3v) is 3.74. The summed E-state index contributed by atoms with van der Waals surface area (Å²) in [7, 11) is 1.61. The summed E-state index contributed by atoms with van der Waals surface area (Å²) in [4.78, 5) is 8.60. The number of rotatable bonds is 6. The lowest BCUT2D eigenvalue weighted by atomic mass is 10.2. The molecule has 3 aromatic rings. The molecule has 0 radical (unpaired) electrons. The first-order valence-electron chi connectivity index (χ1n) is 7.93. The van der Waals surface area contributed by atoms with E-state index >= 15 is 0 Å². The number of nitrogens with zero attached hydrogens (tertiary/aromatic N) is 3. The number of aliphatic imine (C=N–C) groups is 1. The Bertz CT molecular complexity index is 916. The van der Waals surface area contributed by atoms with Gasteiger partial charge in [0.25, 0.3) is 0 Å². The standard InChI is InChI=1S/C18H18ClN5O2.HI/c1-25-15-7-3-6-14(11-15)22-18(20)21-9-8-16-23-17(24-26-16)12-4-2-5-13(19)10-12;/h2-7,10-11H,8-9H2,1H3,(H3,20,21,22);1H. The summed E-state index contributed by atoms with van der Waals surface area (Å²) in [6.45, 7) is 0.417. The van der Waals surface area contributed by atoms with E-state index in [0.29, 0.717) is 35.7 Å². The summed E-state index contributed by atoms with van der Waals surface area (Å²) in [5.74, 6) is 2.02. The third kappa shape index (κ3) is 6.10. The topological polar surface area (TPSA) is 98.6 Å². The van der Waals surface area contributed by atoms with Gasteiger partial charge in [-0.15, -0.1) is 24.0 Å². The highest BCUT2D eigenvalue weighted by atomic mass is 127. The molecule has 1 aromatic heterocycles. The zero-order valence-corrected chi connectivity index (χ0v) is 17.6. The van der Waals surface area contributed by atoms with Crippen LogP contribution in [0.5, 0.6) is 5.75 Å². The number of ether oxygens (including phenoxy) is 1. The van der Waals surface area contributed by atoms with E-state index in [1.165, 1.54) is 0 Å². The van der Waals surface area contributed by atoms with Gasteiger partial charge in [-0.1, -0.05) is 35.0 Å². The second kappa shape index (κ2) is 10.1. The molecular weight excluding hydrogens is 481 g/mol. The number of anilines is 1. The van der Waals surface area contributed by atoms with Crippen LogP contribution in [-0.2, 0) is 6.42 Å². The highest BCUT2D eigenvalue weighted by Gasteiger charge is 2.08. The molecule has 0 unspecified atom stereocenters. The molecule has 0 aliphatic rings. The summed E-state index contributed by atoms with van der Waals surface area (Å²) in [6.07, 6.45) is 0.480. The average Bonchev–Trinajstić information content (AvgIpc) is 3.11. The van der Waals surface area contributed by atoms with Crippen molar-refractivity contribution in [1.29, 1.82) is 0 Å². The molecule has 0 fully saturated rings. The summed E-state index contributed by atoms with van der Waals surface area (Å²) in [6, 6.07) is 14.7. The van der Waals surface area contributed by atoms with Crippen LogP contribution in [0.1, 0.15) is 5.89 Å². The predicted octanol–water partition coefficient (Wildman–Crippen LogP) is 3.99. The highest BCUT2D eigenvalue weighted by Crippen LogP contribution is 2.20. The van der Waals surface area contributed by atoms with Crippen molar-refractivity contribution in [3.63, 3.8) is 0 Å². The Morgan fingerprint density at radius 1 is 1.26 bits per heavy atom. The van der Waals surface area contributed by atoms with Crippen LogP contribution >= 0.6 is 35.6 Å². The van der Waals surface area contributed by atoms with Gasteiger partial charge in [-0.05, 0) is 24.3 Å². The number of methoxy groups -OCH3 is 1. The molecule has 3 N–H and O–H groups in total. The maximum absolute atomic E-state index is 5.97. The van der Waals surface area contributed by atoms with Crippen LogP contribution in [0.3, 0.4) is 0 Å². The normalized spacial score (nSPS) is 11.0. The fourth-order valence-corrected chi connectivity index (χ4v) is 2.45. The van der Waals surface area contributed by atoms with Gasteiger partial charge in [0, 0.05) is 28.8 Å². The van der Waals surface area contributed by atoms with Crippen molar-refractivity contribution in [2.75, 3.05) is 19.0 Å². The smallest absolute Gasteiger partial charge is 0.228 e. The Morgan fingerprint density at radius 3 is 2.85 bits per heavy atom. The fraction of sp³-hybridized carbons (Fsp3) is 0.167. The van der Waals surface area contributed by atoms with Gasteiger partial charge in [0.2, 0.25) is 11.7 Å². The van der Waals surface area contributed by atoms with Crippen LogP contribution in [0.15, 0.2) is 58.0 Å². The van der Waals surface area contributed by atoms with Crippen molar-refractivity contribution in [2.45, 2.75) is 6.42 Å². The van der Waals surface area contributed by atoms with E-state index in [-0.39, 0.29) is 24.0 Å². The van der Waals surface area contributed by atoms with Gasteiger partial charge in [0.15, 0.2) is 5.96 Å². The molecule has 2 aromatic carbocycles. The van der Waals surface area contributed by atoms with Gasteiger partial charge in [-0.3, -0.25) is 4.99 Å². The van der Waals surface area contributed by atoms with E-state index in [0.717, 1.165) is 17.0 Å². The molecule has 0 atom stereocenters. The van der Waals surface area contributed by atoms with Gasteiger partial charge in [0.1, 0.15) is 5.75 Å². The molecule has 0 aliphatic heterocycles. The molecule has 0 spiro atoms. The maximum Gasteiger partial charge on any atom is 0.228 e. The van der Waals surface area contributed by atoms with Crippen LogP contribution < -0.4 is 15.8 Å². The Morgan fingerprint density at radius 2 is 2.07 bits per heavy atom. The number of nitrogens with two attached hydrogens (primary N) is 1. The number of hydrogen-bond acceptors (Lipinski definition) is 5. The lowest BCUT2D eigenvalue weighted by Gasteiger charge is -2.06. The highest BCUT2D eigenvalue weighted by molar-refractivity contribution is 14.0. The second-order valence-electron chi connectivity index (χ2n) is 5.40. The zero-order chi connectivity index (χ0) is 18.4. The molecule has 0 saturated carbocycles. The van der Waals surface area contributed by atoms with E-state index in [1.54, 1.807) is 19.2 Å². The van der Waals surface area contributed by atoms with E-state index in [2.05, 4.69) is 20.4 Å². The molecular formula is C18H19ClIN5O2. The maximum atomic E-state index is 5.97. The molecule has 0 amide bonds. The first-order valence-corrected chi connectivity index (χ1v) is 8.31. The number of aromatic nitrogens is 2. The van der Waals surface area contributed by atoms with E-state index in [1.807, 2.05) is 36.4 Å². The van der Waals surface area contributed by atoms with Crippen molar-refractivity contribution in [3.8, 4) is 17.1 Å². The average molecular weight is 500 g/mol. The van der Waals surface area contributed by atoms with Gasteiger partial charge >= 0.3 is 0 Å². The lowest BCUT2D eigenvalue weighted by molar-refractivity contribution is 0.380. The summed E-state index contributed by atoms with van der Waals surface area (Å²) < 4.78 is 10.4. The van der Waals surface area contributed by atoms with Crippen molar-refractivity contribution in [2.24, 2.45) is 10.7 Å². The number of benzene rings is 2. The molecule has 0 bridgehead atoms. The van der Waals surface area contributed by atoms with E-state index in [4.69, 9.17) is 26.6 Å². The Kier molecular flexibility index (Phi) is 7.86. The van der Waals surface area contributed by atoms with Crippen LogP contribution in [0.2, 0.25) is 5.02 Å². The molecule has 0 saturated heterocycles. The third-order valence-electron chi connectivity index (χ3n) is 3.50. The number of guanidine groups is 1. The number of nitrogens with one attached hydrogen (secondary N) is 1. The number of halogens is 2. The SMILES string of the molecule is COc1cccc(NC(N)=NCCc2nc(-c3cccc(Cl)c3)no2)c1.I. The molecule has 3 rings (SSSR count). The zero-order valence-electron chi connectivity index (χ0n) is 14.6. The predicted molar refractivity (Wildman–Crippen MR) is 117 cm³/mol. The van der Waals surface area contributed by atoms with Crippen LogP contribution in [0.25, 0.3) is 11.4 Å². The summed E-state index contributed by atoms with van der Waals surface area (Å²) in [5.41, 5.74) is 7.49. The minimum Gasteiger partial charge on any atom is -0.497 e. The molecule has 1 heterocycles. The quantitative estimate of drug-likeness (QED) is 0.302. The first kappa shape index (κ1) is 21.0. The monoisotopic (exact) mass is 499 g/mol. The van der Waals surface area contributed by atoms with Gasteiger partial charge in [-0.2, -0.15) is 4.98 Å². The summed E-state index contributed by atoms with van der Waals surface area (Å²) >= 11 is 5.97. The Balaban J connectivity index is 0.00000261. The van der Waals surface area contributed by atoms with Gasteiger partial charge in [0.05, 0.1) is 13.7 Å². The van der Waals surface area contributed by atoms with E-state index < -0.39 is 0 Å². The van der Waals surface area contributed by atoms with Crippen molar-refractivity contribution in [3.05, 3.63) is 59.4 Å². The lowest BCUT2D eigenvalue weighted by Crippen LogP contribution is -2.23. The van der Waals surface area contributed by atoms with Crippen molar-refractivity contribution in [1.82, 2.24) is 10.1 Å². The van der Waals surface area contributed by atoms with Gasteiger partial charge < -0.3 is 20.3 Å². The van der Waals surface area contributed by atoms with Crippen LogP contribution in [0, 0.1) is 0 Å². The molecule has 7 nitrogen and oxygen atoms in total. The fourth-order valence-electron chi connectivity index (χ4n) is 2.26. The Hall–Kier alpha value is -2.33. The minimum absolute atomic E-state index is 0. The Labute approximate surface area is 179 Å². The largest absolute Gasteiger partial charge is 0.497 e. The molecule has 0 aliphatic carbocycles.